The van der Waals surface area contributed by atoms with Gasteiger partial charge in [0.15, 0.2) is 0 Å². The van der Waals surface area contributed by atoms with Crippen LogP contribution in [0.3, 0.4) is 0 Å². The Morgan fingerprint density at radius 3 is 2.55 bits per heavy atom. The van der Waals surface area contributed by atoms with Gasteiger partial charge >= 0.3 is 0 Å². The third-order valence-electron chi connectivity index (χ3n) is 1.52. The van der Waals surface area contributed by atoms with Gasteiger partial charge < -0.3 is 0 Å². The van der Waals surface area contributed by atoms with Crippen molar-refractivity contribution in [2.24, 2.45) is 0 Å². The number of hydrogen-bond acceptors (Lipinski definition) is 0. The highest BCUT2D eigenvalue weighted by molar-refractivity contribution is 6.30. The molecule has 0 amide bonds. The summed E-state index contributed by atoms with van der Waals surface area (Å²) in [6.45, 7) is 0.846. The van der Waals surface area contributed by atoms with Crippen LogP contribution in [0.25, 0.3) is 0 Å². The molecule has 0 aliphatic heterocycles. The normalized spacial score (nSPS) is 10.2. The van der Waals surface area contributed by atoms with Gasteiger partial charge in [-0.1, -0.05) is 11.6 Å². The molecule has 0 N–H and O–H groups in total. The number of benzene rings is 1. The minimum atomic E-state index is -0.783. The molecule has 1 rings (SSSR count). The van der Waals surface area contributed by atoms with Gasteiger partial charge in [-0.2, -0.15) is 0 Å². The molecule has 0 aliphatic carbocycles. The first kappa shape index (κ1) is 8.47. The molecule has 0 nitrogen and oxygen atoms in total. The lowest BCUT2D eigenvalue weighted by atomic mass is 10.1. The summed E-state index contributed by atoms with van der Waals surface area (Å²) in [6, 6.07) is 2.66. The number of alkyl halides is 1. The zero-order chi connectivity index (χ0) is 8.43. The van der Waals surface area contributed by atoms with Crippen LogP contribution in [0.1, 0.15) is 11.1 Å². The summed E-state index contributed by atoms with van der Waals surface area (Å²) >= 11 is 5.52. The summed E-state index contributed by atoms with van der Waals surface area (Å²) in [5.41, 5.74) is 0.645. The van der Waals surface area contributed by atoms with Gasteiger partial charge in [0.25, 0.3) is 0 Å². The molecular weight excluding hydrogens is 170 g/mol. The average molecular weight is 177 g/mol. The standard InChI is InChI=1S/C8H7ClF2/c1-5-2-6(9)3-8(11)7(5)4-10/h2-3H,4H2,1H3. The van der Waals surface area contributed by atoms with Gasteiger partial charge in [-0.05, 0) is 24.6 Å². The van der Waals surface area contributed by atoms with Crippen molar-refractivity contribution in [1.82, 2.24) is 0 Å². The van der Waals surface area contributed by atoms with Crippen molar-refractivity contribution in [3.63, 3.8) is 0 Å². The predicted octanol–water partition coefficient (Wildman–Crippen LogP) is 3.26. The lowest BCUT2D eigenvalue weighted by Crippen LogP contribution is -1.90. The first-order chi connectivity index (χ1) is 5.15. The highest BCUT2D eigenvalue weighted by Crippen LogP contribution is 2.19. The van der Waals surface area contributed by atoms with E-state index in [1.54, 1.807) is 13.0 Å². The minimum Gasteiger partial charge on any atom is -0.246 e. The maximum atomic E-state index is 12.8. The van der Waals surface area contributed by atoms with E-state index in [2.05, 4.69) is 0 Å². The summed E-state index contributed by atoms with van der Waals surface area (Å²) in [5.74, 6) is -0.572. The van der Waals surface area contributed by atoms with Gasteiger partial charge in [0, 0.05) is 10.6 Å². The topological polar surface area (TPSA) is 0 Å². The van der Waals surface area contributed by atoms with Crippen molar-refractivity contribution in [1.29, 1.82) is 0 Å². The largest absolute Gasteiger partial charge is 0.246 e. The molecular formula is C8H7ClF2. The fraction of sp³-hybridized carbons (Fsp3) is 0.250. The highest BCUT2D eigenvalue weighted by atomic mass is 35.5. The molecule has 3 heteroatoms. The van der Waals surface area contributed by atoms with Crippen molar-refractivity contribution in [2.75, 3.05) is 0 Å². The summed E-state index contributed by atoms with van der Waals surface area (Å²) in [7, 11) is 0. The van der Waals surface area contributed by atoms with Gasteiger partial charge in [0.05, 0.1) is 0 Å². The van der Waals surface area contributed by atoms with Gasteiger partial charge in [-0.25, -0.2) is 8.78 Å². The Morgan fingerprint density at radius 1 is 1.45 bits per heavy atom. The summed E-state index contributed by atoms with van der Waals surface area (Å²) < 4.78 is 24.9. The number of hydrogen-bond donors (Lipinski definition) is 0. The van der Waals surface area contributed by atoms with E-state index in [1.165, 1.54) is 0 Å². The lowest BCUT2D eigenvalue weighted by Gasteiger charge is -2.02. The number of rotatable bonds is 1. The second kappa shape index (κ2) is 3.18. The Morgan fingerprint density at radius 2 is 2.09 bits per heavy atom. The summed E-state index contributed by atoms with van der Waals surface area (Å²) in [6.07, 6.45) is 0. The molecule has 0 aliphatic rings. The van der Waals surface area contributed by atoms with E-state index in [0.717, 1.165) is 6.07 Å². The Hall–Kier alpha value is -0.630. The van der Waals surface area contributed by atoms with Crippen molar-refractivity contribution >= 4 is 11.6 Å². The van der Waals surface area contributed by atoms with Crippen LogP contribution >= 0.6 is 11.6 Å². The minimum absolute atomic E-state index is 0.0920. The van der Waals surface area contributed by atoms with Crippen LogP contribution in [0.2, 0.25) is 5.02 Å². The van der Waals surface area contributed by atoms with E-state index in [-0.39, 0.29) is 5.56 Å². The van der Waals surface area contributed by atoms with E-state index in [4.69, 9.17) is 11.6 Å². The average Bonchev–Trinajstić information content (AvgIpc) is 1.85. The Kier molecular flexibility index (Phi) is 2.45. The zero-order valence-corrected chi connectivity index (χ0v) is 6.75. The first-order valence-electron chi connectivity index (χ1n) is 3.15. The van der Waals surface area contributed by atoms with E-state index in [0.29, 0.717) is 10.6 Å². The van der Waals surface area contributed by atoms with Crippen LogP contribution in [0.15, 0.2) is 12.1 Å². The summed E-state index contributed by atoms with van der Waals surface area (Å²) in [4.78, 5) is 0. The van der Waals surface area contributed by atoms with Crippen molar-refractivity contribution in [3.8, 4) is 0 Å². The molecule has 1 aromatic rings. The SMILES string of the molecule is Cc1cc(Cl)cc(F)c1CF. The van der Waals surface area contributed by atoms with E-state index >= 15 is 0 Å². The quantitative estimate of drug-likeness (QED) is 0.616. The number of aryl methyl sites for hydroxylation is 1. The third-order valence-corrected chi connectivity index (χ3v) is 1.74. The molecule has 60 valence electrons. The fourth-order valence-electron chi connectivity index (χ4n) is 0.901. The van der Waals surface area contributed by atoms with Gasteiger partial charge in [-0.15, -0.1) is 0 Å². The third kappa shape index (κ3) is 1.69. The molecule has 0 aromatic heterocycles. The van der Waals surface area contributed by atoms with Crippen LogP contribution in [0, 0.1) is 12.7 Å². The molecule has 0 atom stereocenters. The molecule has 0 spiro atoms. The molecule has 0 radical (unpaired) electrons. The van der Waals surface area contributed by atoms with Crippen molar-refractivity contribution < 1.29 is 8.78 Å². The Labute approximate surface area is 68.8 Å². The molecule has 0 unspecified atom stereocenters. The fourth-order valence-corrected chi connectivity index (χ4v) is 1.16. The molecule has 1 aromatic carbocycles. The second-order valence-corrected chi connectivity index (χ2v) is 2.75. The molecule has 0 bridgehead atoms. The smallest absolute Gasteiger partial charge is 0.130 e. The number of halogens is 3. The Bertz CT molecular complexity index is 248. The molecule has 0 saturated heterocycles. The van der Waals surface area contributed by atoms with Gasteiger partial charge in [0.1, 0.15) is 12.5 Å². The molecule has 0 fully saturated rings. The zero-order valence-electron chi connectivity index (χ0n) is 6.00. The Balaban J connectivity index is 3.25. The van der Waals surface area contributed by atoms with Gasteiger partial charge in [-0.3, -0.25) is 0 Å². The van der Waals surface area contributed by atoms with Crippen LogP contribution in [0.5, 0.6) is 0 Å². The monoisotopic (exact) mass is 176 g/mol. The van der Waals surface area contributed by atoms with E-state index in [9.17, 15) is 8.78 Å². The maximum absolute atomic E-state index is 12.8. The maximum Gasteiger partial charge on any atom is 0.130 e. The van der Waals surface area contributed by atoms with Crippen LogP contribution in [0.4, 0.5) is 8.78 Å². The van der Waals surface area contributed by atoms with Crippen LogP contribution < -0.4 is 0 Å². The van der Waals surface area contributed by atoms with E-state index in [1.807, 2.05) is 0 Å². The van der Waals surface area contributed by atoms with Gasteiger partial charge in [0.2, 0.25) is 0 Å². The van der Waals surface area contributed by atoms with E-state index < -0.39 is 12.5 Å². The van der Waals surface area contributed by atoms with Crippen molar-refractivity contribution in [3.05, 3.63) is 34.1 Å². The summed E-state index contributed by atoms with van der Waals surface area (Å²) in [5, 5.41) is 0.303. The van der Waals surface area contributed by atoms with Crippen LogP contribution in [-0.2, 0) is 6.67 Å². The molecule has 0 saturated carbocycles. The second-order valence-electron chi connectivity index (χ2n) is 2.32. The lowest BCUT2D eigenvalue weighted by molar-refractivity contribution is 0.462. The van der Waals surface area contributed by atoms with Crippen molar-refractivity contribution in [2.45, 2.75) is 13.6 Å². The molecule has 0 heterocycles. The highest BCUT2D eigenvalue weighted by Gasteiger charge is 2.05. The predicted molar refractivity (Wildman–Crippen MR) is 41.0 cm³/mol. The first-order valence-corrected chi connectivity index (χ1v) is 3.53. The van der Waals surface area contributed by atoms with Crippen LogP contribution in [-0.4, -0.2) is 0 Å². The molecule has 11 heavy (non-hydrogen) atoms.